The summed E-state index contributed by atoms with van der Waals surface area (Å²) in [4.78, 5) is 14.3. The Hall–Kier alpha value is -2.73. The third-order valence-corrected chi connectivity index (χ3v) is 6.58. The summed E-state index contributed by atoms with van der Waals surface area (Å²) in [7, 11) is -1.99. The van der Waals surface area contributed by atoms with Crippen LogP contribution in [-0.2, 0) is 14.8 Å². The maximum Gasteiger partial charge on any atom is 0.284 e. The molecule has 0 aliphatic carbocycles. The lowest BCUT2D eigenvalue weighted by atomic mass is 10.0. The van der Waals surface area contributed by atoms with Crippen molar-refractivity contribution in [3.8, 4) is 12.3 Å². The molecule has 2 aliphatic rings. The highest BCUT2D eigenvalue weighted by Crippen LogP contribution is 2.37. The molecule has 1 aromatic rings. The number of amides is 1. The van der Waals surface area contributed by atoms with Gasteiger partial charge in [-0.2, -0.15) is 18.6 Å². The zero-order valence-corrected chi connectivity index (χ0v) is 18.0. The summed E-state index contributed by atoms with van der Waals surface area (Å²) in [6, 6.07) is 6.18. The lowest BCUT2D eigenvalue weighted by Crippen LogP contribution is -2.26. The fourth-order valence-corrected chi connectivity index (χ4v) is 4.52. The van der Waals surface area contributed by atoms with Gasteiger partial charge < -0.3 is 10.2 Å². The van der Waals surface area contributed by atoms with Gasteiger partial charge in [0.1, 0.15) is 5.84 Å². The fourth-order valence-electron chi connectivity index (χ4n) is 3.38. The first-order chi connectivity index (χ1) is 14.3. The van der Waals surface area contributed by atoms with E-state index in [-0.39, 0.29) is 17.2 Å². The van der Waals surface area contributed by atoms with Gasteiger partial charge in [-0.25, -0.2) is 0 Å². The quantitative estimate of drug-likeness (QED) is 0.638. The van der Waals surface area contributed by atoms with Gasteiger partial charge in [0.25, 0.3) is 10.0 Å². The van der Waals surface area contributed by atoms with E-state index in [4.69, 9.17) is 6.42 Å². The van der Waals surface area contributed by atoms with Crippen molar-refractivity contribution in [3.05, 3.63) is 24.3 Å². The van der Waals surface area contributed by atoms with E-state index in [1.165, 1.54) is 12.1 Å². The number of hydrogen-bond acceptors (Lipinski definition) is 5. The van der Waals surface area contributed by atoms with Crippen LogP contribution in [0.25, 0.3) is 0 Å². The molecule has 1 aromatic carbocycles. The first-order valence-corrected chi connectivity index (χ1v) is 11.6. The summed E-state index contributed by atoms with van der Waals surface area (Å²) in [5.74, 6) is 2.91. The number of rotatable bonds is 8. The van der Waals surface area contributed by atoms with Crippen LogP contribution in [0, 0.1) is 12.3 Å². The third kappa shape index (κ3) is 5.89. The zero-order chi connectivity index (χ0) is 21.6. The van der Waals surface area contributed by atoms with Gasteiger partial charge in [0.2, 0.25) is 5.91 Å². The van der Waals surface area contributed by atoms with Crippen molar-refractivity contribution in [2.45, 2.75) is 61.9 Å². The Morgan fingerprint density at radius 3 is 2.83 bits per heavy atom. The Kier molecular flexibility index (Phi) is 6.87. The van der Waals surface area contributed by atoms with Crippen LogP contribution in [0.3, 0.4) is 0 Å². The largest absolute Gasteiger partial charge is 0.362 e. The Balaban J connectivity index is 1.64. The van der Waals surface area contributed by atoms with Gasteiger partial charge in [-0.1, -0.05) is 12.5 Å². The second-order valence-electron chi connectivity index (χ2n) is 7.68. The van der Waals surface area contributed by atoms with E-state index in [0.29, 0.717) is 37.2 Å². The Labute approximate surface area is 177 Å². The lowest BCUT2D eigenvalue weighted by Gasteiger charge is -2.17. The van der Waals surface area contributed by atoms with Crippen molar-refractivity contribution >= 4 is 27.5 Å². The maximum absolute atomic E-state index is 12.8. The van der Waals surface area contributed by atoms with Gasteiger partial charge in [0, 0.05) is 51.4 Å². The maximum atomic E-state index is 12.8. The first kappa shape index (κ1) is 22.0. The number of anilines is 1. The lowest BCUT2D eigenvalue weighted by molar-refractivity contribution is -0.116. The van der Waals surface area contributed by atoms with Gasteiger partial charge in [0.05, 0.1) is 4.90 Å². The second kappa shape index (κ2) is 9.39. The summed E-state index contributed by atoms with van der Waals surface area (Å²) in [6.07, 6.45) is 10.8. The van der Waals surface area contributed by atoms with Gasteiger partial charge >= 0.3 is 0 Å². The van der Waals surface area contributed by atoms with E-state index in [1.807, 2.05) is 11.9 Å². The molecule has 0 unspecified atom stereocenters. The minimum Gasteiger partial charge on any atom is -0.362 e. The standard InChI is InChI=1S/C21H27N5O3S/c1-3-4-13-21(24-25-21)14-12-20(27)22-17-9-8-10-18(16-17)30(28,29)23-19-11-6-5-7-15-26(19)2/h1,8-10,16H,4-7,11-15H2,2H3,(H,22,27)/b23-19+. The summed E-state index contributed by atoms with van der Waals surface area (Å²) >= 11 is 0. The summed E-state index contributed by atoms with van der Waals surface area (Å²) in [5, 5.41) is 10.8. The highest BCUT2D eigenvalue weighted by Gasteiger charge is 2.39. The van der Waals surface area contributed by atoms with Crippen molar-refractivity contribution in [3.63, 3.8) is 0 Å². The number of carbonyl (C=O) groups is 1. The van der Waals surface area contributed by atoms with E-state index >= 15 is 0 Å². The fraction of sp³-hybridized carbons (Fsp3) is 0.524. The van der Waals surface area contributed by atoms with Crippen molar-refractivity contribution in [1.82, 2.24) is 4.90 Å². The van der Waals surface area contributed by atoms with Crippen LogP contribution in [-0.4, -0.2) is 44.3 Å². The number of benzene rings is 1. The topological polar surface area (TPSA) is 104 Å². The number of hydrogen-bond donors (Lipinski definition) is 1. The summed E-state index contributed by atoms with van der Waals surface area (Å²) in [6.45, 7) is 0.797. The average Bonchev–Trinajstić information content (AvgIpc) is 3.52. The molecule has 3 rings (SSSR count). The highest BCUT2D eigenvalue weighted by atomic mass is 32.2. The molecule has 1 N–H and O–H groups in total. The van der Waals surface area contributed by atoms with Crippen molar-refractivity contribution < 1.29 is 13.2 Å². The normalized spacial score (nSPS) is 19.2. The van der Waals surface area contributed by atoms with Crippen molar-refractivity contribution in [2.75, 3.05) is 18.9 Å². The van der Waals surface area contributed by atoms with Gasteiger partial charge in [-0.05, 0) is 31.0 Å². The Morgan fingerprint density at radius 2 is 2.10 bits per heavy atom. The molecular weight excluding hydrogens is 402 g/mol. The smallest absolute Gasteiger partial charge is 0.284 e. The van der Waals surface area contributed by atoms with Gasteiger partial charge in [-0.15, -0.1) is 16.7 Å². The molecule has 0 bridgehead atoms. The molecule has 0 saturated carbocycles. The third-order valence-electron chi connectivity index (χ3n) is 5.28. The number of nitrogens with zero attached hydrogens (tertiary/aromatic N) is 4. The molecule has 8 nitrogen and oxygen atoms in total. The molecule has 160 valence electrons. The van der Waals surface area contributed by atoms with E-state index in [9.17, 15) is 13.2 Å². The van der Waals surface area contributed by atoms with Gasteiger partial charge in [0.15, 0.2) is 5.66 Å². The molecule has 2 aliphatic heterocycles. The van der Waals surface area contributed by atoms with E-state index in [2.05, 4.69) is 25.9 Å². The Bertz CT molecular complexity index is 988. The molecule has 0 spiro atoms. The van der Waals surface area contributed by atoms with Crippen LogP contribution in [0.5, 0.6) is 0 Å². The molecule has 30 heavy (non-hydrogen) atoms. The monoisotopic (exact) mass is 429 g/mol. The van der Waals surface area contributed by atoms with Crippen LogP contribution >= 0.6 is 0 Å². The summed E-state index contributed by atoms with van der Waals surface area (Å²) in [5.41, 5.74) is -0.103. The number of nitrogens with one attached hydrogen (secondary N) is 1. The molecule has 9 heteroatoms. The van der Waals surface area contributed by atoms with Crippen LogP contribution in [0.2, 0.25) is 0 Å². The van der Waals surface area contributed by atoms with E-state index in [1.54, 1.807) is 12.1 Å². The number of likely N-dealkylation sites (tertiary alicyclic amines) is 1. The van der Waals surface area contributed by atoms with Crippen LogP contribution in [0.1, 0.15) is 51.4 Å². The van der Waals surface area contributed by atoms with Crippen LogP contribution < -0.4 is 5.32 Å². The molecule has 2 heterocycles. The highest BCUT2D eigenvalue weighted by molar-refractivity contribution is 7.90. The summed E-state index contributed by atoms with van der Waals surface area (Å²) < 4.78 is 29.7. The van der Waals surface area contributed by atoms with Crippen LogP contribution in [0.15, 0.2) is 43.8 Å². The number of amidine groups is 1. The molecular formula is C21H27N5O3S. The average molecular weight is 430 g/mol. The predicted octanol–water partition coefficient (Wildman–Crippen LogP) is 3.57. The van der Waals surface area contributed by atoms with E-state index < -0.39 is 15.7 Å². The molecule has 1 fully saturated rings. The molecule has 0 aromatic heterocycles. The molecule has 0 atom stereocenters. The first-order valence-electron chi connectivity index (χ1n) is 10.2. The minimum absolute atomic E-state index is 0.0585. The molecule has 0 radical (unpaired) electrons. The van der Waals surface area contributed by atoms with Crippen molar-refractivity contribution in [2.24, 2.45) is 14.6 Å². The number of sulfonamides is 1. The van der Waals surface area contributed by atoms with Crippen LogP contribution in [0.4, 0.5) is 5.69 Å². The van der Waals surface area contributed by atoms with E-state index in [0.717, 1.165) is 25.8 Å². The number of terminal acetylenes is 1. The van der Waals surface area contributed by atoms with Crippen molar-refractivity contribution in [1.29, 1.82) is 0 Å². The second-order valence-corrected chi connectivity index (χ2v) is 9.28. The zero-order valence-electron chi connectivity index (χ0n) is 17.2. The Morgan fingerprint density at radius 1 is 1.30 bits per heavy atom. The minimum atomic E-state index is -3.86. The SMILES string of the molecule is C#CCCC1(CCC(=O)Nc2cccc(S(=O)(=O)/N=C3\CCCCCN3C)c2)N=N1. The molecule has 1 amide bonds. The predicted molar refractivity (Wildman–Crippen MR) is 116 cm³/mol. The number of carbonyl (C=O) groups excluding carboxylic acids is 1. The molecule has 1 saturated heterocycles. The van der Waals surface area contributed by atoms with Gasteiger partial charge in [-0.3, -0.25) is 4.79 Å².